The van der Waals surface area contributed by atoms with Crippen LogP contribution in [-0.2, 0) is 14.6 Å². The van der Waals surface area contributed by atoms with Gasteiger partial charge in [-0.15, -0.1) is 0 Å². The van der Waals surface area contributed by atoms with Gasteiger partial charge in [0.1, 0.15) is 0 Å². The molecular formula is C10H23NO3S. The molecule has 0 saturated carbocycles. The maximum absolute atomic E-state index is 11.5. The van der Waals surface area contributed by atoms with Crippen LogP contribution in [0.5, 0.6) is 0 Å². The maximum atomic E-state index is 11.5. The predicted molar refractivity (Wildman–Crippen MR) is 62.5 cm³/mol. The van der Waals surface area contributed by atoms with Crippen LogP contribution in [-0.4, -0.2) is 39.7 Å². The summed E-state index contributed by atoms with van der Waals surface area (Å²) in [5, 5.41) is 0. The van der Waals surface area contributed by atoms with Gasteiger partial charge in [-0.05, 0) is 18.4 Å². The van der Waals surface area contributed by atoms with E-state index in [-0.39, 0.29) is 24.0 Å². The minimum atomic E-state index is -3.00. The molecule has 92 valence electrons. The third kappa shape index (κ3) is 8.84. The molecule has 0 radical (unpaired) electrons. The summed E-state index contributed by atoms with van der Waals surface area (Å²) in [7, 11) is -3.00. The van der Waals surface area contributed by atoms with E-state index in [1.165, 1.54) is 0 Å². The Morgan fingerprint density at radius 3 is 2.33 bits per heavy atom. The van der Waals surface area contributed by atoms with Crippen molar-refractivity contribution in [3.63, 3.8) is 0 Å². The van der Waals surface area contributed by atoms with Crippen LogP contribution in [0.3, 0.4) is 0 Å². The van der Waals surface area contributed by atoms with Gasteiger partial charge in [0.2, 0.25) is 0 Å². The fourth-order valence-electron chi connectivity index (χ4n) is 1.09. The number of sulfone groups is 1. The van der Waals surface area contributed by atoms with E-state index in [2.05, 4.69) is 0 Å². The largest absolute Gasteiger partial charge is 0.380 e. The molecule has 0 aliphatic heterocycles. The molecule has 0 rings (SSSR count). The summed E-state index contributed by atoms with van der Waals surface area (Å²) in [5.74, 6) is 0.731. The lowest BCUT2D eigenvalue weighted by molar-refractivity contribution is 0.123. The van der Waals surface area contributed by atoms with Gasteiger partial charge in [0, 0.05) is 6.61 Å². The first-order valence-electron chi connectivity index (χ1n) is 5.35. The third-order valence-electron chi connectivity index (χ3n) is 1.93. The van der Waals surface area contributed by atoms with Crippen LogP contribution in [0.15, 0.2) is 0 Å². The number of rotatable bonds is 8. The molecule has 0 aliphatic carbocycles. The summed E-state index contributed by atoms with van der Waals surface area (Å²) in [5.41, 5.74) is 5.38. The maximum Gasteiger partial charge on any atom is 0.152 e. The molecule has 1 unspecified atom stereocenters. The summed E-state index contributed by atoms with van der Waals surface area (Å²) in [6, 6.07) is 0. The van der Waals surface area contributed by atoms with Crippen LogP contribution in [0.1, 0.15) is 20.8 Å². The average Bonchev–Trinajstić information content (AvgIpc) is 2.11. The Hall–Kier alpha value is -0.130. The number of ether oxygens (including phenoxy) is 1. The van der Waals surface area contributed by atoms with Crippen molar-refractivity contribution in [3.05, 3.63) is 0 Å². The summed E-state index contributed by atoms with van der Waals surface area (Å²) in [6.07, 6.45) is 0. The van der Waals surface area contributed by atoms with Crippen molar-refractivity contribution in [1.29, 1.82) is 0 Å². The summed E-state index contributed by atoms with van der Waals surface area (Å²) in [4.78, 5) is 0. The van der Waals surface area contributed by atoms with Gasteiger partial charge in [-0.2, -0.15) is 0 Å². The van der Waals surface area contributed by atoms with Crippen LogP contribution in [0.4, 0.5) is 0 Å². The van der Waals surface area contributed by atoms with Crippen molar-refractivity contribution in [2.75, 3.05) is 31.3 Å². The minimum absolute atomic E-state index is 0.0279. The fraction of sp³-hybridized carbons (Fsp3) is 1.00. The van der Waals surface area contributed by atoms with E-state index in [1.807, 2.05) is 20.8 Å². The average molecular weight is 237 g/mol. The van der Waals surface area contributed by atoms with E-state index in [1.54, 1.807) is 0 Å². The smallest absolute Gasteiger partial charge is 0.152 e. The molecule has 0 fully saturated rings. The highest BCUT2D eigenvalue weighted by molar-refractivity contribution is 7.91. The van der Waals surface area contributed by atoms with Crippen LogP contribution in [0.25, 0.3) is 0 Å². The van der Waals surface area contributed by atoms with E-state index in [0.29, 0.717) is 19.1 Å². The topological polar surface area (TPSA) is 69.4 Å². The van der Waals surface area contributed by atoms with Crippen molar-refractivity contribution >= 4 is 9.84 Å². The minimum Gasteiger partial charge on any atom is -0.380 e. The molecule has 0 aliphatic rings. The zero-order chi connectivity index (χ0) is 11.9. The van der Waals surface area contributed by atoms with Gasteiger partial charge in [-0.25, -0.2) is 8.42 Å². The number of hydrogen-bond donors (Lipinski definition) is 1. The second-order valence-corrected chi connectivity index (χ2v) is 6.65. The van der Waals surface area contributed by atoms with Crippen LogP contribution in [0, 0.1) is 11.8 Å². The van der Waals surface area contributed by atoms with Crippen molar-refractivity contribution in [2.24, 2.45) is 17.6 Å². The second-order valence-electron chi connectivity index (χ2n) is 4.42. The van der Waals surface area contributed by atoms with E-state index in [0.717, 1.165) is 0 Å². The zero-order valence-corrected chi connectivity index (χ0v) is 10.7. The van der Waals surface area contributed by atoms with E-state index < -0.39 is 9.84 Å². The molecule has 0 amide bonds. The molecule has 0 aromatic carbocycles. The van der Waals surface area contributed by atoms with E-state index in [4.69, 9.17) is 10.5 Å². The third-order valence-corrected chi connectivity index (χ3v) is 3.80. The summed E-state index contributed by atoms with van der Waals surface area (Å²) < 4.78 is 28.3. The monoisotopic (exact) mass is 237 g/mol. The highest BCUT2D eigenvalue weighted by Crippen LogP contribution is 2.01. The molecule has 0 saturated heterocycles. The molecule has 0 spiro atoms. The van der Waals surface area contributed by atoms with E-state index >= 15 is 0 Å². The van der Waals surface area contributed by atoms with Gasteiger partial charge in [-0.1, -0.05) is 20.8 Å². The van der Waals surface area contributed by atoms with Crippen molar-refractivity contribution < 1.29 is 13.2 Å². The molecule has 0 heterocycles. The standard InChI is InChI=1S/C10H23NO3S/c1-9(2)7-14-4-5-15(12,13)8-10(3)6-11/h9-10H,4-8,11H2,1-3H3. The van der Waals surface area contributed by atoms with Gasteiger partial charge in [0.25, 0.3) is 0 Å². The molecular weight excluding hydrogens is 214 g/mol. The summed E-state index contributed by atoms with van der Waals surface area (Å²) in [6.45, 7) is 7.22. The van der Waals surface area contributed by atoms with Crippen LogP contribution >= 0.6 is 0 Å². The lowest BCUT2D eigenvalue weighted by Gasteiger charge is -2.10. The van der Waals surface area contributed by atoms with E-state index in [9.17, 15) is 8.42 Å². The number of hydrogen-bond acceptors (Lipinski definition) is 4. The first-order chi connectivity index (χ1) is 6.87. The van der Waals surface area contributed by atoms with Crippen LogP contribution in [0.2, 0.25) is 0 Å². The highest BCUT2D eigenvalue weighted by Gasteiger charge is 2.14. The van der Waals surface area contributed by atoms with Gasteiger partial charge in [0.05, 0.1) is 18.1 Å². The fourth-order valence-corrected chi connectivity index (χ4v) is 2.63. The quantitative estimate of drug-likeness (QED) is 0.630. The molecule has 15 heavy (non-hydrogen) atoms. The van der Waals surface area contributed by atoms with Gasteiger partial charge in [-0.3, -0.25) is 0 Å². The Morgan fingerprint density at radius 2 is 1.87 bits per heavy atom. The Bertz CT molecular complexity index is 249. The Kier molecular flexibility index (Phi) is 7.13. The van der Waals surface area contributed by atoms with Crippen molar-refractivity contribution in [3.8, 4) is 0 Å². The normalized spacial score (nSPS) is 14.5. The molecule has 0 bridgehead atoms. The molecule has 1 atom stereocenters. The Morgan fingerprint density at radius 1 is 1.27 bits per heavy atom. The number of nitrogens with two attached hydrogens (primary N) is 1. The SMILES string of the molecule is CC(C)COCCS(=O)(=O)CC(C)CN. The molecule has 4 nitrogen and oxygen atoms in total. The first kappa shape index (κ1) is 14.9. The molecule has 0 aromatic heterocycles. The van der Waals surface area contributed by atoms with Crippen molar-refractivity contribution in [1.82, 2.24) is 0 Å². The second kappa shape index (κ2) is 7.19. The Balaban J connectivity index is 3.75. The Labute approximate surface area is 93.1 Å². The van der Waals surface area contributed by atoms with Crippen molar-refractivity contribution in [2.45, 2.75) is 20.8 Å². The van der Waals surface area contributed by atoms with Gasteiger partial charge >= 0.3 is 0 Å². The highest BCUT2D eigenvalue weighted by atomic mass is 32.2. The van der Waals surface area contributed by atoms with Gasteiger partial charge < -0.3 is 10.5 Å². The molecule has 2 N–H and O–H groups in total. The molecule has 5 heteroatoms. The van der Waals surface area contributed by atoms with Crippen LogP contribution < -0.4 is 5.73 Å². The molecule has 0 aromatic rings. The predicted octanol–water partition coefficient (Wildman–Crippen LogP) is 0.669. The first-order valence-corrected chi connectivity index (χ1v) is 7.17. The zero-order valence-electron chi connectivity index (χ0n) is 9.90. The summed E-state index contributed by atoms with van der Waals surface area (Å²) >= 11 is 0. The lowest BCUT2D eigenvalue weighted by atomic mass is 10.2. The van der Waals surface area contributed by atoms with Gasteiger partial charge in [0.15, 0.2) is 9.84 Å². The lowest BCUT2D eigenvalue weighted by Crippen LogP contribution is -2.24.